The van der Waals surface area contributed by atoms with Gasteiger partial charge < -0.3 is 20.2 Å². The Kier molecular flexibility index (Phi) is 5.02. The Labute approximate surface area is 123 Å². The fourth-order valence-electron chi connectivity index (χ4n) is 1.77. The molecule has 2 aromatic rings. The average molecular weight is 284 g/mol. The van der Waals surface area contributed by atoms with Gasteiger partial charge in [0.15, 0.2) is 0 Å². The molecule has 0 spiro atoms. The lowest BCUT2D eigenvalue weighted by atomic mass is 10.1. The summed E-state index contributed by atoms with van der Waals surface area (Å²) in [6.07, 6.45) is 3.15. The van der Waals surface area contributed by atoms with Gasteiger partial charge >= 0.3 is 0 Å². The molecule has 0 fully saturated rings. The van der Waals surface area contributed by atoms with E-state index in [-0.39, 0.29) is 12.5 Å². The number of rotatable bonds is 4. The third kappa shape index (κ3) is 3.88. The van der Waals surface area contributed by atoms with Crippen LogP contribution in [0.3, 0.4) is 0 Å². The first kappa shape index (κ1) is 14.7. The molecule has 0 saturated carbocycles. The molecular formula is C16H16N2O3. The number of ether oxygens (including phenoxy) is 1. The van der Waals surface area contributed by atoms with E-state index in [0.717, 1.165) is 5.56 Å². The fraction of sp³-hybridized carbons (Fsp3) is 0.188. The number of carbonyl (C=O) groups is 1. The summed E-state index contributed by atoms with van der Waals surface area (Å²) in [5.41, 5.74) is 7.42. The van der Waals surface area contributed by atoms with Gasteiger partial charge in [0.25, 0.3) is 5.91 Å². The number of carbonyl (C=O) groups excluding carboxylic acids is 1. The maximum Gasteiger partial charge on any atom is 0.251 e. The molecule has 0 radical (unpaired) electrons. The zero-order valence-electron chi connectivity index (χ0n) is 11.7. The van der Waals surface area contributed by atoms with Gasteiger partial charge in [-0.25, -0.2) is 0 Å². The molecule has 0 aliphatic heterocycles. The molecule has 1 aromatic carbocycles. The second kappa shape index (κ2) is 7.17. The van der Waals surface area contributed by atoms with Crippen molar-refractivity contribution in [3.63, 3.8) is 0 Å². The van der Waals surface area contributed by atoms with Crippen LogP contribution in [0.1, 0.15) is 21.5 Å². The Bertz CT molecular complexity index is 667. The van der Waals surface area contributed by atoms with Crippen LogP contribution < -0.4 is 15.8 Å². The summed E-state index contributed by atoms with van der Waals surface area (Å²) in [5, 5.41) is 2.81. The van der Waals surface area contributed by atoms with E-state index in [1.54, 1.807) is 43.9 Å². The standard InChI is InChI=1S/C16H16N2O3/c1-20-15-5-4-14(9-13(15)3-2-7-17)16(19)18-10-12-6-8-21-11-12/h4-6,8-9,11H,7,10,17H2,1H3,(H,18,19). The van der Waals surface area contributed by atoms with Gasteiger partial charge in [-0.15, -0.1) is 0 Å². The van der Waals surface area contributed by atoms with Crippen LogP contribution in [-0.4, -0.2) is 19.6 Å². The van der Waals surface area contributed by atoms with Crippen molar-refractivity contribution in [3.8, 4) is 17.6 Å². The molecule has 2 rings (SSSR count). The number of amides is 1. The molecule has 108 valence electrons. The van der Waals surface area contributed by atoms with E-state index < -0.39 is 0 Å². The van der Waals surface area contributed by atoms with Crippen molar-refractivity contribution in [2.24, 2.45) is 5.73 Å². The number of nitrogens with two attached hydrogens (primary N) is 1. The van der Waals surface area contributed by atoms with Gasteiger partial charge in [0.2, 0.25) is 0 Å². The second-order valence-corrected chi connectivity index (χ2v) is 4.24. The lowest BCUT2D eigenvalue weighted by Gasteiger charge is -2.07. The van der Waals surface area contributed by atoms with Crippen molar-refractivity contribution in [3.05, 3.63) is 53.5 Å². The largest absolute Gasteiger partial charge is 0.495 e. The molecule has 1 heterocycles. The van der Waals surface area contributed by atoms with Gasteiger partial charge in [-0.3, -0.25) is 4.79 Å². The smallest absolute Gasteiger partial charge is 0.251 e. The molecule has 0 atom stereocenters. The van der Waals surface area contributed by atoms with Crippen molar-refractivity contribution in [1.82, 2.24) is 5.32 Å². The highest BCUT2D eigenvalue weighted by atomic mass is 16.5. The van der Waals surface area contributed by atoms with Crippen LogP contribution in [0.25, 0.3) is 0 Å². The van der Waals surface area contributed by atoms with Gasteiger partial charge in [-0.05, 0) is 24.3 Å². The van der Waals surface area contributed by atoms with Gasteiger partial charge in [0.1, 0.15) is 5.75 Å². The summed E-state index contributed by atoms with van der Waals surface area (Å²) in [7, 11) is 1.56. The summed E-state index contributed by atoms with van der Waals surface area (Å²) in [5.74, 6) is 6.08. The van der Waals surface area contributed by atoms with Crippen LogP contribution in [0, 0.1) is 11.8 Å². The minimum Gasteiger partial charge on any atom is -0.495 e. The van der Waals surface area contributed by atoms with E-state index in [1.165, 1.54) is 0 Å². The number of benzene rings is 1. The molecule has 3 N–H and O–H groups in total. The highest BCUT2D eigenvalue weighted by Crippen LogP contribution is 2.19. The maximum absolute atomic E-state index is 12.1. The molecule has 0 saturated heterocycles. The van der Waals surface area contributed by atoms with Crippen LogP contribution in [0.4, 0.5) is 0 Å². The summed E-state index contributed by atoms with van der Waals surface area (Å²) >= 11 is 0. The van der Waals surface area contributed by atoms with E-state index in [4.69, 9.17) is 14.9 Å². The highest BCUT2D eigenvalue weighted by molar-refractivity contribution is 5.94. The molecule has 5 heteroatoms. The minimum absolute atomic E-state index is 0.186. The second-order valence-electron chi connectivity index (χ2n) is 4.24. The third-order valence-electron chi connectivity index (χ3n) is 2.82. The van der Waals surface area contributed by atoms with Crippen LogP contribution in [0.15, 0.2) is 41.2 Å². The van der Waals surface area contributed by atoms with Crippen LogP contribution in [0.5, 0.6) is 5.75 Å². The van der Waals surface area contributed by atoms with Gasteiger partial charge in [-0.2, -0.15) is 0 Å². The first-order valence-corrected chi connectivity index (χ1v) is 6.41. The maximum atomic E-state index is 12.1. The Balaban J connectivity index is 2.13. The molecular weight excluding hydrogens is 268 g/mol. The zero-order chi connectivity index (χ0) is 15.1. The zero-order valence-corrected chi connectivity index (χ0v) is 11.7. The Hall–Kier alpha value is -2.71. The lowest BCUT2D eigenvalue weighted by molar-refractivity contribution is 0.0951. The molecule has 1 aromatic heterocycles. The van der Waals surface area contributed by atoms with E-state index in [1.807, 2.05) is 0 Å². The SMILES string of the molecule is COc1ccc(C(=O)NCc2ccoc2)cc1C#CCN. The number of methoxy groups -OCH3 is 1. The summed E-state index contributed by atoms with van der Waals surface area (Å²) < 4.78 is 10.2. The van der Waals surface area contributed by atoms with Gasteiger partial charge in [0, 0.05) is 17.7 Å². The quantitative estimate of drug-likeness (QED) is 0.835. The van der Waals surface area contributed by atoms with E-state index in [2.05, 4.69) is 17.2 Å². The van der Waals surface area contributed by atoms with Crippen LogP contribution in [-0.2, 0) is 6.54 Å². The van der Waals surface area contributed by atoms with E-state index in [0.29, 0.717) is 23.4 Å². The minimum atomic E-state index is -0.186. The first-order valence-electron chi connectivity index (χ1n) is 6.41. The van der Waals surface area contributed by atoms with Crippen molar-refractivity contribution in [2.45, 2.75) is 6.54 Å². The summed E-state index contributed by atoms with van der Waals surface area (Å²) in [6.45, 7) is 0.658. The molecule has 5 nitrogen and oxygen atoms in total. The average Bonchev–Trinajstić information content (AvgIpc) is 3.03. The first-order chi connectivity index (χ1) is 10.2. The molecule has 0 bridgehead atoms. The predicted molar refractivity (Wildman–Crippen MR) is 78.8 cm³/mol. The van der Waals surface area contributed by atoms with Crippen molar-refractivity contribution >= 4 is 5.91 Å². The van der Waals surface area contributed by atoms with Crippen molar-refractivity contribution < 1.29 is 13.9 Å². The molecule has 0 unspecified atom stereocenters. The Morgan fingerprint density at radius 1 is 1.43 bits per heavy atom. The van der Waals surface area contributed by atoms with Crippen molar-refractivity contribution in [2.75, 3.05) is 13.7 Å². The number of hydrogen-bond donors (Lipinski definition) is 2. The fourth-order valence-corrected chi connectivity index (χ4v) is 1.77. The highest BCUT2D eigenvalue weighted by Gasteiger charge is 2.09. The summed E-state index contributed by atoms with van der Waals surface area (Å²) in [6, 6.07) is 6.89. The Morgan fingerprint density at radius 3 is 2.95 bits per heavy atom. The number of hydrogen-bond acceptors (Lipinski definition) is 4. The normalized spacial score (nSPS) is 9.62. The van der Waals surface area contributed by atoms with Crippen molar-refractivity contribution in [1.29, 1.82) is 0 Å². The number of nitrogens with one attached hydrogen (secondary N) is 1. The van der Waals surface area contributed by atoms with E-state index in [9.17, 15) is 4.79 Å². The van der Waals surface area contributed by atoms with Crippen LogP contribution >= 0.6 is 0 Å². The number of furan rings is 1. The lowest BCUT2D eigenvalue weighted by Crippen LogP contribution is -2.22. The predicted octanol–water partition coefficient (Wildman–Crippen LogP) is 1.53. The molecule has 0 aliphatic rings. The van der Waals surface area contributed by atoms with Crippen LogP contribution in [0.2, 0.25) is 0 Å². The third-order valence-corrected chi connectivity index (χ3v) is 2.82. The molecule has 21 heavy (non-hydrogen) atoms. The Morgan fingerprint density at radius 2 is 2.29 bits per heavy atom. The van der Waals surface area contributed by atoms with Gasteiger partial charge in [0.05, 0.1) is 31.7 Å². The monoisotopic (exact) mass is 284 g/mol. The summed E-state index contributed by atoms with van der Waals surface area (Å²) in [4.78, 5) is 12.1. The van der Waals surface area contributed by atoms with Gasteiger partial charge in [-0.1, -0.05) is 11.8 Å². The topological polar surface area (TPSA) is 77.5 Å². The van der Waals surface area contributed by atoms with E-state index >= 15 is 0 Å². The molecule has 0 aliphatic carbocycles. The molecule has 1 amide bonds.